The van der Waals surface area contributed by atoms with Gasteiger partial charge in [0.25, 0.3) is 11.8 Å². The molecule has 0 aromatic carbocycles. The molecule has 8 nitrogen and oxygen atoms in total. The van der Waals surface area contributed by atoms with Crippen molar-refractivity contribution in [1.82, 2.24) is 10.3 Å². The Hall–Kier alpha value is -1.22. The van der Waals surface area contributed by atoms with Crippen molar-refractivity contribution in [2.24, 2.45) is 5.73 Å². The minimum Gasteiger partial charge on any atom is -0.318 e. The Labute approximate surface area is 79.6 Å². The quantitative estimate of drug-likeness (QED) is 0.402. The van der Waals surface area contributed by atoms with Gasteiger partial charge in [0.05, 0.1) is 13.7 Å². The van der Waals surface area contributed by atoms with E-state index in [0.29, 0.717) is 0 Å². The maximum absolute atomic E-state index is 11.1. The molecule has 1 heterocycles. The van der Waals surface area contributed by atoms with Crippen molar-refractivity contribution in [1.29, 1.82) is 0 Å². The average molecular weight is 205 g/mol. The Morgan fingerprint density at radius 3 is 3.00 bits per heavy atom. The maximum atomic E-state index is 11.1. The van der Waals surface area contributed by atoms with Gasteiger partial charge in [0.15, 0.2) is 0 Å². The Morgan fingerprint density at radius 1 is 1.93 bits per heavy atom. The second kappa shape index (κ2) is 4.33. The third-order valence-corrected chi connectivity index (χ3v) is 1.64. The van der Waals surface area contributed by atoms with E-state index in [1.807, 2.05) is 0 Å². The van der Waals surface area contributed by atoms with Crippen LogP contribution in [0.3, 0.4) is 0 Å². The van der Waals surface area contributed by atoms with Crippen molar-refractivity contribution in [3.63, 3.8) is 0 Å². The zero-order chi connectivity index (χ0) is 10.7. The lowest BCUT2D eigenvalue weighted by Crippen LogP contribution is -2.41. The molecule has 0 aromatic heterocycles. The highest BCUT2D eigenvalue weighted by molar-refractivity contribution is 5.87. The fraction of sp³-hybridized carbons (Fsp3) is 0.667. The van der Waals surface area contributed by atoms with Gasteiger partial charge >= 0.3 is 0 Å². The van der Waals surface area contributed by atoms with Crippen LogP contribution in [0.2, 0.25) is 0 Å². The maximum Gasteiger partial charge on any atom is 0.295 e. The van der Waals surface area contributed by atoms with Crippen LogP contribution in [0.25, 0.3) is 0 Å². The first kappa shape index (κ1) is 10.9. The molecule has 2 amide bonds. The molecule has 8 heteroatoms. The minimum absolute atomic E-state index is 0.0144. The predicted octanol–water partition coefficient (Wildman–Crippen LogP) is -2.13. The van der Waals surface area contributed by atoms with Crippen LogP contribution in [0.4, 0.5) is 0 Å². The zero-order valence-electron chi connectivity index (χ0n) is 7.54. The largest absolute Gasteiger partial charge is 0.318 e. The van der Waals surface area contributed by atoms with E-state index in [4.69, 9.17) is 15.8 Å². The molecule has 0 saturated carbocycles. The molecule has 80 valence electrons. The van der Waals surface area contributed by atoms with E-state index in [2.05, 4.69) is 4.84 Å². The fourth-order valence-electron chi connectivity index (χ4n) is 0.899. The molecule has 0 bridgehead atoms. The first-order valence-electron chi connectivity index (χ1n) is 3.82. The molecule has 0 radical (unpaired) electrons. The summed E-state index contributed by atoms with van der Waals surface area (Å²) in [5.74, 6) is -1.32. The molecule has 1 aliphatic heterocycles. The molecule has 0 aromatic rings. The van der Waals surface area contributed by atoms with E-state index in [1.54, 1.807) is 0 Å². The lowest BCUT2D eigenvalue weighted by Gasteiger charge is -2.16. The molecule has 1 saturated heterocycles. The van der Waals surface area contributed by atoms with E-state index < -0.39 is 24.4 Å². The van der Waals surface area contributed by atoms with Gasteiger partial charge < -0.3 is 5.73 Å². The van der Waals surface area contributed by atoms with Gasteiger partial charge in [0.1, 0.15) is 12.6 Å². The molecule has 0 aliphatic carbocycles. The number of nitrogens with two attached hydrogens (primary N) is 1. The van der Waals surface area contributed by atoms with Crippen LogP contribution in [0.15, 0.2) is 0 Å². The molecular formula is C6H11N3O5. The van der Waals surface area contributed by atoms with E-state index in [9.17, 15) is 9.59 Å². The smallest absolute Gasteiger partial charge is 0.295 e. The highest BCUT2D eigenvalue weighted by atomic mass is 16.9. The first-order valence-corrected chi connectivity index (χ1v) is 3.82. The Balaban J connectivity index is 2.45. The molecule has 1 atom stereocenters. The summed E-state index contributed by atoms with van der Waals surface area (Å²) >= 11 is 0. The standard InChI is InChI=1S/C6H11N3O5/c1-13-9(12)5(10)2-8-6(11)4(7)3-14-8/h4,12H,2-3,7H2,1H3/t4-/m0/s1. The Bertz CT molecular complexity index is 246. The summed E-state index contributed by atoms with van der Waals surface area (Å²) in [5, 5.41) is 9.58. The van der Waals surface area contributed by atoms with Crippen LogP contribution in [-0.4, -0.2) is 53.6 Å². The predicted molar refractivity (Wildman–Crippen MR) is 41.3 cm³/mol. The molecule has 1 rings (SSSR count). The van der Waals surface area contributed by atoms with E-state index in [-0.39, 0.29) is 11.8 Å². The number of amides is 2. The monoisotopic (exact) mass is 205 g/mol. The summed E-state index contributed by atoms with van der Waals surface area (Å²) in [4.78, 5) is 31.1. The summed E-state index contributed by atoms with van der Waals surface area (Å²) in [6, 6.07) is -0.752. The van der Waals surface area contributed by atoms with Crippen molar-refractivity contribution in [2.75, 3.05) is 20.3 Å². The van der Waals surface area contributed by atoms with Gasteiger partial charge in [-0.2, -0.15) is 0 Å². The second-order valence-electron chi connectivity index (χ2n) is 2.63. The number of rotatable bonds is 3. The van der Waals surface area contributed by atoms with Gasteiger partial charge in [0, 0.05) is 0 Å². The Morgan fingerprint density at radius 2 is 2.57 bits per heavy atom. The summed E-state index contributed by atoms with van der Waals surface area (Å²) in [7, 11) is 1.11. The molecule has 1 aliphatic rings. The van der Waals surface area contributed by atoms with Crippen molar-refractivity contribution in [3.05, 3.63) is 0 Å². The minimum atomic E-state index is -0.824. The molecule has 0 unspecified atom stereocenters. The van der Waals surface area contributed by atoms with Crippen LogP contribution in [-0.2, 0) is 19.3 Å². The van der Waals surface area contributed by atoms with Gasteiger partial charge in [-0.05, 0) is 0 Å². The van der Waals surface area contributed by atoms with Crippen LogP contribution >= 0.6 is 0 Å². The van der Waals surface area contributed by atoms with Crippen LogP contribution in [0, 0.1) is 0 Å². The second-order valence-corrected chi connectivity index (χ2v) is 2.63. The first-order chi connectivity index (χ1) is 6.56. The number of carbonyl (C=O) groups is 2. The highest BCUT2D eigenvalue weighted by Gasteiger charge is 2.32. The number of hydroxylamine groups is 4. The SMILES string of the molecule is CON(O)C(=O)CN1OC[C@H](N)C1=O. The van der Waals surface area contributed by atoms with Crippen molar-refractivity contribution in [2.45, 2.75) is 6.04 Å². The van der Waals surface area contributed by atoms with Gasteiger partial charge in [-0.1, -0.05) is 5.23 Å². The number of carbonyl (C=O) groups excluding carboxylic acids is 2. The van der Waals surface area contributed by atoms with Crippen molar-refractivity contribution >= 4 is 11.8 Å². The third kappa shape index (κ3) is 2.17. The molecule has 0 spiro atoms. The molecular weight excluding hydrogens is 194 g/mol. The van der Waals surface area contributed by atoms with Gasteiger partial charge in [-0.25, -0.2) is 9.90 Å². The van der Waals surface area contributed by atoms with E-state index in [1.165, 1.54) is 0 Å². The van der Waals surface area contributed by atoms with Gasteiger partial charge in [-0.3, -0.25) is 19.6 Å². The number of hydrogen-bond donors (Lipinski definition) is 2. The van der Waals surface area contributed by atoms with E-state index in [0.717, 1.165) is 12.2 Å². The third-order valence-electron chi connectivity index (χ3n) is 1.64. The number of nitrogens with zero attached hydrogens (tertiary/aromatic N) is 2. The summed E-state index contributed by atoms with van der Waals surface area (Å²) < 4.78 is 0. The lowest BCUT2D eigenvalue weighted by atomic mass is 10.3. The van der Waals surface area contributed by atoms with Crippen LogP contribution in [0.1, 0.15) is 0 Å². The van der Waals surface area contributed by atoms with Crippen molar-refractivity contribution in [3.8, 4) is 0 Å². The average Bonchev–Trinajstić information content (AvgIpc) is 2.48. The topological polar surface area (TPSA) is 105 Å². The normalized spacial score (nSPS) is 21.5. The summed E-state index contributed by atoms with van der Waals surface area (Å²) in [5.41, 5.74) is 5.32. The lowest BCUT2D eigenvalue weighted by molar-refractivity contribution is -0.304. The summed E-state index contributed by atoms with van der Waals surface area (Å²) in [6.07, 6.45) is 0. The fourth-order valence-corrected chi connectivity index (χ4v) is 0.899. The molecule has 14 heavy (non-hydrogen) atoms. The van der Waals surface area contributed by atoms with Gasteiger partial charge in [-0.15, -0.1) is 0 Å². The zero-order valence-corrected chi connectivity index (χ0v) is 7.54. The van der Waals surface area contributed by atoms with Crippen molar-refractivity contribution < 1.29 is 24.5 Å². The van der Waals surface area contributed by atoms with Crippen LogP contribution in [0.5, 0.6) is 0 Å². The molecule has 3 N–H and O–H groups in total. The highest BCUT2D eigenvalue weighted by Crippen LogP contribution is 2.05. The van der Waals surface area contributed by atoms with Gasteiger partial charge in [0.2, 0.25) is 0 Å². The molecule has 1 fully saturated rings. The van der Waals surface area contributed by atoms with E-state index >= 15 is 0 Å². The number of hydrogen-bond acceptors (Lipinski definition) is 6. The van der Waals surface area contributed by atoms with Crippen LogP contribution < -0.4 is 5.73 Å². The Kier molecular flexibility index (Phi) is 3.36. The summed E-state index contributed by atoms with van der Waals surface area (Å²) in [6.45, 7) is -0.401.